The zero-order chi connectivity index (χ0) is 15.1. The van der Waals surface area contributed by atoms with E-state index in [0.717, 1.165) is 0 Å². The number of rotatable bonds is 7. The molecule has 1 aromatic rings. The van der Waals surface area contributed by atoms with Gasteiger partial charge in [0, 0.05) is 17.4 Å². The molecule has 1 unspecified atom stereocenters. The van der Waals surface area contributed by atoms with Gasteiger partial charge in [-0.1, -0.05) is 6.92 Å². The van der Waals surface area contributed by atoms with Crippen molar-refractivity contribution in [3.63, 3.8) is 0 Å². The smallest absolute Gasteiger partial charge is 0.306 e. The van der Waals surface area contributed by atoms with E-state index in [1.54, 1.807) is 16.9 Å². The van der Waals surface area contributed by atoms with Crippen molar-refractivity contribution in [2.24, 2.45) is 0 Å². The van der Waals surface area contributed by atoms with Gasteiger partial charge >= 0.3 is 5.97 Å². The Morgan fingerprint density at radius 2 is 2.15 bits per heavy atom. The van der Waals surface area contributed by atoms with Crippen LogP contribution in [0.1, 0.15) is 33.2 Å². The van der Waals surface area contributed by atoms with Crippen LogP contribution in [0.3, 0.4) is 0 Å². The van der Waals surface area contributed by atoms with E-state index in [4.69, 9.17) is 0 Å². The summed E-state index contributed by atoms with van der Waals surface area (Å²) in [6, 6.07) is 1.95. The van der Waals surface area contributed by atoms with E-state index in [9.17, 15) is 9.59 Å². The van der Waals surface area contributed by atoms with Crippen LogP contribution in [0, 0.1) is 0 Å². The normalized spacial score (nSPS) is 12.2. The molecule has 0 saturated carbocycles. The third kappa shape index (κ3) is 5.24. The second kappa shape index (κ2) is 7.94. The fraction of sp³-hybridized carbons (Fsp3) is 0.615. The molecule has 0 fully saturated rings. The summed E-state index contributed by atoms with van der Waals surface area (Å²) in [6.07, 6.45) is 1.96. The van der Waals surface area contributed by atoms with Crippen LogP contribution in [-0.4, -0.2) is 39.8 Å². The highest BCUT2D eigenvalue weighted by Crippen LogP contribution is 2.17. The molecule has 0 bridgehead atoms. The summed E-state index contributed by atoms with van der Waals surface area (Å²) in [5.41, 5.74) is 0. The molecular formula is C13H21N3O3S. The quantitative estimate of drug-likeness (QED) is 0.780. The molecular weight excluding hydrogens is 278 g/mol. The van der Waals surface area contributed by atoms with Crippen molar-refractivity contribution < 1.29 is 14.3 Å². The summed E-state index contributed by atoms with van der Waals surface area (Å²) in [4.78, 5) is 23.0. The molecule has 0 aliphatic carbocycles. The van der Waals surface area contributed by atoms with Crippen LogP contribution < -0.4 is 5.32 Å². The Morgan fingerprint density at radius 3 is 2.75 bits per heavy atom. The molecule has 1 rings (SSSR count). The minimum absolute atomic E-state index is 0.0446. The van der Waals surface area contributed by atoms with Crippen LogP contribution in [0.2, 0.25) is 0 Å². The van der Waals surface area contributed by atoms with E-state index in [2.05, 4.69) is 15.2 Å². The van der Waals surface area contributed by atoms with E-state index in [1.165, 1.54) is 18.9 Å². The maximum atomic E-state index is 11.9. The summed E-state index contributed by atoms with van der Waals surface area (Å²) in [7, 11) is 1.36. The molecule has 112 valence electrons. The molecule has 1 N–H and O–H groups in total. The average Bonchev–Trinajstić information content (AvgIpc) is 2.84. The van der Waals surface area contributed by atoms with E-state index in [1.807, 2.05) is 20.8 Å². The molecule has 1 amide bonds. The number of ether oxygens (including phenoxy) is 1. The highest BCUT2D eigenvalue weighted by atomic mass is 32.2. The van der Waals surface area contributed by atoms with Gasteiger partial charge in [-0.15, -0.1) is 11.8 Å². The fourth-order valence-corrected chi connectivity index (χ4v) is 2.36. The third-order valence-corrected chi connectivity index (χ3v) is 3.77. The molecule has 0 aliphatic heterocycles. The number of amides is 1. The van der Waals surface area contributed by atoms with Gasteiger partial charge in [0.05, 0.1) is 25.5 Å². The number of nitrogens with one attached hydrogen (secondary N) is 1. The highest BCUT2D eigenvalue weighted by Gasteiger charge is 2.13. The van der Waals surface area contributed by atoms with Crippen LogP contribution in [0.15, 0.2) is 12.3 Å². The van der Waals surface area contributed by atoms with Crippen LogP contribution >= 0.6 is 11.8 Å². The van der Waals surface area contributed by atoms with E-state index in [0.29, 0.717) is 18.0 Å². The van der Waals surface area contributed by atoms with E-state index in [-0.39, 0.29) is 23.2 Å². The molecule has 0 aromatic carbocycles. The second-order valence-corrected chi connectivity index (χ2v) is 6.13. The Kier molecular flexibility index (Phi) is 6.57. The van der Waals surface area contributed by atoms with Gasteiger partial charge in [-0.05, 0) is 13.8 Å². The Labute approximate surface area is 123 Å². The third-order valence-electron chi connectivity index (χ3n) is 2.61. The number of anilines is 1. The molecule has 1 heterocycles. The number of carbonyl (C=O) groups is 2. The summed E-state index contributed by atoms with van der Waals surface area (Å²) in [5.74, 6) is 0.616. The monoisotopic (exact) mass is 299 g/mol. The average molecular weight is 299 g/mol. The Morgan fingerprint density at radius 1 is 1.45 bits per heavy atom. The number of nitrogens with zero attached hydrogens (tertiary/aromatic N) is 2. The van der Waals surface area contributed by atoms with Gasteiger partial charge in [-0.3, -0.25) is 9.59 Å². The van der Waals surface area contributed by atoms with Crippen molar-refractivity contribution in [1.82, 2.24) is 9.78 Å². The Balaban J connectivity index is 2.40. The number of aromatic nitrogens is 2. The number of hydrogen-bond acceptors (Lipinski definition) is 5. The number of methoxy groups -OCH3 is 1. The lowest BCUT2D eigenvalue weighted by Gasteiger charge is -2.13. The maximum Gasteiger partial charge on any atom is 0.306 e. The molecule has 6 nitrogen and oxygen atoms in total. The van der Waals surface area contributed by atoms with Crippen molar-refractivity contribution in [2.75, 3.05) is 18.2 Å². The largest absolute Gasteiger partial charge is 0.469 e. The summed E-state index contributed by atoms with van der Waals surface area (Å²) in [5, 5.41) is 7.01. The first kappa shape index (κ1) is 16.6. The van der Waals surface area contributed by atoms with Crippen LogP contribution in [0.25, 0.3) is 0 Å². The zero-order valence-electron chi connectivity index (χ0n) is 12.3. The van der Waals surface area contributed by atoms with Crippen molar-refractivity contribution in [2.45, 2.75) is 38.5 Å². The second-order valence-electron chi connectivity index (χ2n) is 4.70. The first-order valence-corrected chi connectivity index (χ1v) is 7.50. The van der Waals surface area contributed by atoms with Gasteiger partial charge in [-0.2, -0.15) is 5.10 Å². The SMILES string of the molecule is COC(=O)CC(C)SCC(=O)Nc1ccnn1C(C)C. The van der Waals surface area contributed by atoms with E-state index >= 15 is 0 Å². The number of esters is 1. The molecule has 1 atom stereocenters. The van der Waals surface area contributed by atoms with Gasteiger partial charge in [0.2, 0.25) is 5.91 Å². The van der Waals surface area contributed by atoms with Crippen molar-refractivity contribution in [3.05, 3.63) is 12.3 Å². The minimum Gasteiger partial charge on any atom is -0.469 e. The van der Waals surface area contributed by atoms with Crippen LogP contribution in [0.4, 0.5) is 5.82 Å². The van der Waals surface area contributed by atoms with Gasteiger partial charge in [0.25, 0.3) is 0 Å². The Bertz CT molecular complexity index is 459. The number of carbonyl (C=O) groups excluding carboxylic acids is 2. The van der Waals surface area contributed by atoms with Crippen molar-refractivity contribution >= 4 is 29.5 Å². The maximum absolute atomic E-state index is 11.9. The molecule has 1 aromatic heterocycles. The highest BCUT2D eigenvalue weighted by molar-refractivity contribution is 8.00. The molecule has 20 heavy (non-hydrogen) atoms. The van der Waals surface area contributed by atoms with Gasteiger partial charge < -0.3 is 10.1 Å². The van der Waals surface area contributed by atoms with Crippen molar-refractivity contribution in [3.8, 4) is 0 Å². The topological polar surface area (TPSA) is 73.2 Å². The summed E-state index contributed by atoms with van der Waals surface area (Å²) in [6.45, 7) is 5.89. The van der Waals surface area contributed by atoms with Gasteiger partial charge in [-0.25, -0.2) is 4.68 Å². The lowest BCUT2D eigenvalue weighted by molar-refractivity contribution is -0.140. The number of thioether (sulfide) groups is 1. The van der Waals surface area contributed by atoms with Crippen LogP contribution in [0.5, 0.6) is 0 Å². The van der Waals surface area contributed by atoms with Crippen LogP contribution in [-0.2, 0) is 14.3 Å². The molecule has 0 radical (unpaired) electrons. The predicted octanol–water partition coefficient (Wildman–Crippen LogP) is 2.09. The first-order valence-electron chi connectivity index (χ1n) is 6.45. The minimum atomic E-state index is -0.261. The lowest BCUT2D eigenvalue weighted by atomic mass is 10.3. The molecule has 7 heteroatoms. The summed E-state index contributed by atoms with van der Waals surface area (Å²) >= 11 is 1.42. The lowest BCUT2D eigenvalue weighted by Crippen LogP contribution is -2.20. The first-order chi connectivity index (χ1) is 9.43. The van der Waals surface area contributed by atoms with Gasteiger partial charge in [0.1, 0.15) is 5.82 Å². The zero-order valence-corrected chi connectivity index (χ0v) is 13.1. The van der Waals surface area contributed by atoms with Gasteiger partial charge in [0.15, 0.2) is 0 Å². The van der Waals surface area contributed by atoms with Crippen molar-refractivity contribution in [1.29, 1.82) is 0 Å². The number of hydrogen-bond donors (Lipinski definition) is 1. The predicted molar refractivity (Wildman–Crippen MR) is 79.8 cm³/mol. The Hall–Kier alpha value is -1.50. The summed E-state index contributed by atoms with van der Waals surface area (Å²) < 4.78 is 6.34. The standard InChI is InChI=1S/C13H21N3O3S/c1-9(2)16-11(5-6-14-16)15-12(17)8-20-10(3)7-13(18)19-4/h5-6,9-10H,7-8H2,1-4H3,(H,15,17). The fourth-order valence-electron chi connectivity index (χ4n) is 1.60. The molecule has 0 spiro atoms. The molecule has 0 aliphatic rings. The van der Waals surface area contributed by atoms with E-state index < -0.39 is 0 Å². The molecule has 0 saturated heterocycles.